The van der Waals surface area contributed by atoms with E-state index in [9.17, 15) is 0 Å². The molecular formula is C15H31NO. The van der Waals surface area contributed by atoms with Crippen LogP contribution in [-0.4, -0.2) is 26.3 Å². The molecule has 2 heteroatoms. The number of rotatable bonds is 6. The average molecular weight is 241 g/mol. The highest BCUT2D eigenvalue weighted by Crippen LogP contribution is 2.40. The van der Waals surface area contributed by atoms with Crippen LogP contribution in [0.5, 0.6) is 0 Å². The van der Waals surface area contributed by atoms with Gasteiger partial charge in [-0.2, -0.15) is 0 Å². The molecule has 1 aliphatic carbocycles. The van der Waals surface area contributed by atoms with Crippen LogP contribution in [0.25, 0.3) is 0 Å². The van der Waals surface area contributed by atoms with Gasteiger partial charge in [-0.1, -0.05) is 34.1 Å². The first-order valence-corrected chi connectivity index (χ1v) is 7.23. The van der Waals surface area contributed by atoms with Gasteiger partial charge in [0.2, 0.25) is 0 Å². The van der Waals surface area contributed by atoms with Gasteiger partial charge in [-0.3, -0.25) is 0 Å². The summed E-state index contributed by atoms with van der Waals surface area (Å²) in [6.07, 6.45) is 5.28. The first-order valence-electron chi connectivity index (χ1n) is 7.23. The molecule has 102 valence electrons. The molecule has 0 spiro atoms. The Labute approximate surface area is 108 Å². The van der Waals surface area contributed by atoms with E-state index in [2.05, 4.69) is 33.0 Å². The lowest BCUT2D eigenvalue weighted by molar-refractivity contribution is 0.0190. The Morgan fingerprint density at radius 1 is 1.29 bits per heavy atom. The van der Waals surface area contributed by atoms with Crippen molar-refractivity contribution in [3.63, 3.8) is 0 Å². The quantitative estimate of drug-likeness (QED) is 0.769. The molecule has 0 amide bonds. The van der Waals surface area contributed by atoms with Crippen molar-refractivity contribution >= 4 is 0 Å². The summed E-state index contributed by atoms with van der Waals surface area (Å²) in [5.74, 6) is 1.63. The highest BCUT2D eigenvalue weighted by atomic mass is 16.5. The van der Waals surface area contributed by atoms with E-state index in [1.165, 1.54) is 25.7 Å². The first kappa shape index (κ1) is 15.0. The number of hydrogen-bond acceptors (Lipinski definition) is 2. The van der Waals surface area contributed by atoms with Gasteiger partial charge in [0.1, 0.15) is 0 Å². The van der Waals surface area contributed by atoms with Crippen LogP contribution in [0.1, 0.15) is 53.4 Å². The van der Waals surface area contributed by atoms with Gasteiger partial charge in [0, 0.05) is 13.2 Å². The maximum absolute atomic E-state index is 5.41. The second-order valence-corrected chi connectivity index (χ2v) is 6.51. The monoisotopic (exact) mass is 241 g/mol. The van der Waals surface area contributed by atoms with Crippen LogP contribution in [-0.2, 0) is 4.74 Å². The summed E-state index contributed by atoms with van der Waals surface area (Å²) in [4.78, 5) is 0. The summed E-state index contributed by atoms with van der Waals surface area (Å²) in [7, 11) is 1.82. The molecule has 0 aliphatic heterocycles. The van der Waals surface area contributed by atoms with Crippen LogP contribution in [0.4, 0.5) is 0 Å². The van der Waals surface area contributed by atoms with Crippen molar-refractivity contribution in [2.45, 2.75) is 59.4 Å². The summed E-state index contributed by atoms with van der Waals surface area (Å²) in [5, 5.41) is 3.76. The van der Waals surface area contributed by atoms with Crippen molar-refractivity contribution in [2.75, 3.05) is 20.3 Å². The second kappa shape index (κ2) is 6.75. The minimum atomic E-state index is 0.292. The number of ether oxygens (including phenoxy) is 1. The highest BCUT2D eigenvalue weighted by Gasteiger charge is 2.38. The molecule has 17 heavy (non-hydrogen) atoms. The Hall–Kier alpha value is -0.0800. The SMILES string of the molecule is CCCNC1CC(C)CCC1C(C)(C)COC. The van der Waals surface area contributed by atoms with Gasteiger partial charge in [-0.05, 0) is 43.1 Å². The fraction of sp³-hybridized carbons (Fsp3) is 1.00. The zero-order valence-electron chi connectivity index (χ0n) is 12.4. The smallest absolute Gasteiger partial charge is 0.0516 e. The van der Waals surface area contributed by atoms with Gasteiger partial charge in [0.25, 0.3) is 0 Å². The normalized spacial score (nSPS) is 30.5. The number of nitrogens with one attached hydrogen (secondary N) is 1. The van der Waals surface area contributed by atoms with Crippen molar-refractivity contribution in [1.82, 2.24) is 5.32 Å². The van der Waals surface area contributed by atoms with Gasteiger partial charge in [0.15, 0.2) is 0 Å². The Balaban J connectivity index is 2.65. The van der Waals surface area contributed by atoms with Crippen LogP contribution < -0.4 is 5.32 Å². The lowest BCUT2D eigenvalue weighted by atomic mass is 9.66. The molecule has 2 nitrogen and oxygen atoms in total. The standard InChI is InChI=1S/C15H31NO/c1-6-9-16-14-10-12(2)7-8-13(14)15(3,4)11-17-5/h12-14,16H,6-11H2,1-5H3. The largest absolute Gasteiger partial charge is 0.384 e. The average Bonchev–Trinajstić information content (AvgIpc) is 2.26. The topological polar surface area (TPSA) is 21.3 Å². The third kappa shape index (κ3) is 4.26. The molecule has 0 bridgehead atoms. The van der Waals surface area contributed by atoms with E-state index in [0.717, 1.165) is 25.0 Å². The van der Waals surface area contributed by atoms with E-state index in [-0.39, 0.29) is 0 Å². The van der Waals surface area contributed by atoms with E-state index >= 15 is 0 Å². The van der Waals surface area contributed by atoms with E-state index < -0.39 is 0 Å². The van der Waals surface area contributed by atoms with E-state index in [4.69, 9.17) is 4.74 Å². The molecule has 0 saturated heterocycles. The van der Waals surface area contributed by atoms with Crippen molar-refractivity contribution in [3.8, 4) is 0 Å². The van der Waals surface area contributed by atoms with E-state index in [1.807, 2.05) is 7.11 Å². The molecule has 1 N–H and O–H groups in total. The lowest BCUT2D eigenvalue weighted by Crippen LogP contribution is -2.48. The van der Waals surface area contributed by atoms with E-state index in [0.29, 0.717) is 11.5 Å². The zero-order chi connectivity index (χ0) is 12.9. The highest BCUT2D eigenvalue weighted by molar-refractivity contribution is 4.91. The molecule has 0 aromatic rings. The first-order chi connectivity index (χ1) is 8.01. The van der Waals surface area contributed by atoms with Crippen LogP contribution in [0, 0.1) is 17.3 Å². The van der Waals surface area contributed by atoms with Crippen molar-refractivity contribution in [1.29, 1.82) is 0 Å². The molecule has 1 fully saturated rings. The van der Waals surface area contributed by atoms with E-state index in [1.54, 1.807) is 0 Å². The summed E-state index contributed by atoms with van der Waals surface area (Å²) < 4.78 is 5.41. The van der Waals surface area contributed by atoms with Crippen LogP contribution in [0.3, 0.4) is 0 Å². The van der Waals surface area contributed by atoms with Crippen molar-refractivity contribution in [2.24, 2.45) is 17.3 Å². The minimum absolute atomic E-state index is 0.292. The third-order valence-electron chi connectivity index (χ3n) is 4.29. The zero-order valence-corrected chi connectivity index (χ0v) is 12.4. The second-order valence-electron chi connectivity index (χ2n) is 6.51. The molecular weight excluding hydrogens is 210 g/mol. The maximum Gasteiger partial charge on any atom is 0.0516 e. The Morgan fingerprint density at radius 2 is 2.00 bits per heavy atom. The molecule has 1 rings (SSSR count). The van der Waals surface area contributed by atoms with Crippen LogP contribution >= 0.6 is 0 Å². The van der Waals surface area contributed by atoms with Crippen LogP contribution in [0.15, 0.2) is 0 Å². The Kier molecular flexibility index (Phi) is 5.94. The molecule has 0 aromatic heterocycles. The molecule has 1 saturated carbocycles. The molecule has 3 atom stereocenters. The summed E-state index contributed by atoms with van der Waals surface area (Å²) in [5.41, 5.74) is 0.292. The summed E-state index contributed by atoms with van der Waals surface area (Å²) in [6.45, 7) is 11.4. The summed E-state index contributed by atoms with van der Waals surface area (Å²) >= 11 is 0. The molecule has 0 heterocycles. The molecule has 1 aliphatic rings. The fourth-order valence-electron chi connectivity index (χ4n) is 3.35. The fourth-order valence-corrected chi connectivity index (χ4v) is 3.35. The lowest BCUT2D eigenvalue weighted by Gasteiger charge is -2.44. The van der Waals surface area contributed by atoms with Gasteiger partial charge in [-0.25, -0.2) is 0 Å². The van der Waals surface area contributed by atoms with Crippen LogP contribution in [0.2, 0.25) is 0 Å². The maximum atomic E-state index is 5.41. The number of hydrogen-bond donors (Lipinski definition) is 1. The minimum Gasteiger partial charge on any atom is -0.384 e. The third-order valence-corrected chi connectivity index (χ3v) is 4.29. The Morgan fingerprint density at radius 3 is 2.59 bits per heavy atom. The van der Waals surface area contributed by atoms with Crippen molar-refractivity contribution < 1.29 is 4.74 Å². The number of methoxy groups -OCH3 is 1. The predicted molar refractivity (Wildman–Crippen MR) is 74.2 cm³/mol. The van der Waals surface area contributed by atoms with Gasteiger partial charge >= 0.3 is 0 Å². The molecule has 3 unspecified atom stereocenters. The van der Waals surface area contributed by atoms with Crippen molar-refractivity contribution in [3.05, 3.63) is 0 Å². The Bertz CT molecular complexity index is 215. The summed E-state index contributed by atoms with van der Waals surface area (Å²) in [6, 6.07) is 0.684. The van der Waals surface area contributed by atoms with Gasteiger partial charge in [0.05, 0.1) is 6.61 Å². The molecule has 0 radical (unpaired) electrons. The van der Waals surface area contributed by atoms with Gasteiger partial charge < -0.3 is 10.1 Å². The molecule has 0 aromatic carbocycles. The van der Waals surface area contributed by atoms with Gasteiger partial charge in [-0.15, -0.1) is 0 Å². The predicted octanol–water partition coefficient (Wildman–Crippen LogP) is 3.46.